The maximum absolute atomic E-state index is 14.4. The number of hydrogen-bond donors (Lipinski definition) is 2. The van der Waals surface area contributed by atoms with E-state index in [-0.39, 0.29) is 0 Å². The molecule has 2 N–H and O–H groups in total. The van der Waals surface area contributed by atoms with Crippen molar-refractivity contribution in [3.8, 4) is 5.75 Å². The van der Waals surface area contributed by atoms with Gasteiger partial charge in [-0.2, -0.15) is 13.2 Å². The fourth-order valence-corrected chi connectivity index (χ4v) is 5.20. The summed E-state index contributed by atoms with van der Waals surface area (Å²) in [6.45, 7) is 4.93. The van der Waals surface area contributed by atoms with Gasteiger partial charge in [0.1, 0.15) is 17.5 Å². The van der Waals surface area contributed by atoms with Gasteiger partial charge in [0.2, 0.25) is 0 Å². The van der Waals surface area contributed by atoms with Gasteiger partial charge in [0, 0.05) is 29.0 Å². The third kappa shape index (κ3) is 3.67. The van der Waals surface area contributed by atoms with E-state index in [0.29, 0.717) is 16.8 Å². The molecule has 1 aromatic heterocycles. The number of halogens is 3. The summed E-state index contributed by atoms with van der Waals surface area (Å²) in [6, 6.07) is 16.0. The van der Waals surface area contributed by atoms with Crippen molar-refractivity contribution in [2.75, 3.05) is 7.11 Å². The Morgan fingerprint density at radius 1 is 1.05 bits per heavy atom. The van der Waals surface area contributed by atoms with Gasteiger partial charge in [0.25, 0.3) is 5.60 Å². The number of ether oxygens (including phenoxy) is 3. The summed E-state index contributed by atoms with van der Waals surface area (Å²) in [5.74, 6) is -1.31. The number of carbonyl (C=O) groups excluding carboxylic acids is 1. The Hall–Kier alpha value is -3.56. The predicted molar refractivity (Wildman–Crippen MR) is 131 cm³/mol. The van der Waals surface area contributed by atoms with Crippen LogP contribution in [0.5, 0.6) is 5.75 Å². The number of aromatic nitrogens is 1. The highest BCUT2D eigenvalue weighted by molar-refractivity contribution is 6.09. The van der Waals surface area contributed by atoms with E-state index in [1.54, 1.807) is 13.8 Å². The zero-order valence-corrected chi connectivity index (χ0v) is 20.6. The van der Waals surface area contributed by atoms with Crippen molar-refractivity contribution in [1.29, 1.82) is 0 Å². The van der Waals surface area contributed by atoms with Gasteiger partial charge in [0.15, 0.2) is 6.10 Å². The number of aryl methyl sites for hydroxylation is 1. The van der Waals surface area contributed by atoms with Crippen molar-refractivity contribution >= 4 is 27.8 Å². The molecule has 0 bridgehead atoms. The van der Waals surface area contributed by atoms with E-state index in [0.717, 1.165) is 41.1 Å². The lowest BCUT2D eigenvalue weighted by Crippen LogP contribution is -2.57. The first-order valence-electron chi connectivity index (χ1n) is 11.7. The highest BCUT2D eigenvalue weighted by atomic mass is 19.4. The Balaban J connectivity index is 1.63. The van der Waals surface area contributed by atoms with E-state index < -0.39 is 41.1 Å². The lowest BCUT2D eigenvalue weighted by molar-refractivity contribution is -0.283. The summed E-state index contributed by atoms with van der Waals surface area (Å²) in [6.07, 6.45) is -8.12. The van der Waals surface area contributed by atoms with Crippen LogP contribution in [0.25, 0.3) is 21.8 Å². The zero-order chi connectivity index (χ0) is 26.8. The maximum Gasteiger partial charge on any atom is 0.432 e. The number of aliphatic hydroxyl groups is 1. The fraction of sp³-hybridized carbons (Fsp3) is 0.321. The second-order valence-corrected chi connectivity index (χ2v) is 9.75. The SMILES string of the molecule is CO[C@](C(=O)O[C@H]1[C@H](O)c2c(c(C)cc3c2[nH]c2ccccc23)OC1(C)C)(c1ccccc1)C(F)(F)F. The minimum absolute atomic E-state index is 0.318. The molecule has 1 aliphatic rings. The molecule has 0 unspecified atom stereocenters. The molecule has 0 amide bonds. The van der Waals surface area contributed by atoms with Gasteiger partial charge in [-0.05, 0) is 38.5 Å². The number of aromatic amines is 1. The Bertz CT molecular complexity index is 1490. The third-order valence-electron chi connectivity index (χ3n) is 7.02. The first-order chi connectivity index (χ1) is 17.4. The molecule has 0 saturated carbocycles. The maximum atomic E-state index is 14.4. The number of H-pyrrole nitrogens is 1. The molecule has 3 aromatic carbocycles. The Kier molecular flexibility index (Phi) is 5.76. The molecule has 0 saturated heterocycles. The largest absolute Gasteiger partial charge is 0.483 e. The third-order valence-corrected chi connectivity index (χ3v) is 7.02. The average molecular weight is 514 g/mol. The van der Waals surface area contributed by atoms with Gasteiger partial charge in [-0.15, -0.1) is 0 Å². The summed E-state index contributed by atoms with van der Waals surface area (Å²) in [7, 11) is 0.799. The van der Waals surface area contributed by atoms with Crippen LogP contribution < -0.4 is 4.74 Å². The highest BCUT2D eigenvalue weighted by Gasteiger charge is 2.65. The van der Waals surface area contributed by atoms with Gasteiger partial charge >= 0.3 is 12.1 Å². The van der Waals surface area contributed by atoms with E-state index in [9.17, 15) is 23.1 Å². The summed E-state index contributed by atoms with van der Waals surface area (Å²) in [5.41, 5.74) is -2.78. The second kappa shape index (κ2) is 8.49. The van der Waals surface area contributed by atoms with Crippen LogP contribution in [0.4, 0.5) is 13.2 Å². The van der Waals surface area contributed by atoms with E-state index in [1.165, 1.54) is 18.2 Å². The van der Waals surface area contributed by atoms with Crippen LogP contribution in [0.1, 0.15) is 36.6 Å². The molecule has 37 heavy (non-hydrogen) atoms. The first-order valence-corrected chi connectivity index (χ1v) is 11.7. The fourth-order valence-electron chi connectivity index (χ4n) is 5.20. The minimum atomic E-state index is -5.15. The quantitative estimate of drug-likeness (QED) is 0.335. The number of rotatable bonds is 4. The van der Waals surface area contributed by atoms with Crippen molar-refractivity contribution in [2.45, 2.75) is 50.4 Å². The standard InChI is InChI=1S/C28H26F3NO5/c1-15-14-18-17-12-8-9-13-19(17)32-21(18)20-22(33)24(26(2,3)37-23(15)20)36-25(34)27(35-4,28(29,30)31)16-10-6-5-7-11-16/h5-14,22,24,32-33H,1-4H3/t22-,24+,27+/m1/s1. The number of esters is 1. The zero-order valence-electron chi connectivity index (χ0n) is 20.6. The molecule has 5 rings (SSSR count). The first kappa shape index (κ1) is 25.1. The summed E-state index contributed by atoms with van der Waals surface area (Å²) < 4.78 is 59.9. The van der Waals surface area contributed by atoms with Crippen molar-refractivity contribution in [3.05, 3.63) is 77.4 Å². The molecular formula is C28H26F3NO5. The van der Waals surface area contributed by atoms with Crippen LogP contribution in [0.2, 0.25) is 0 Å². The normalized spacial score (nSPS) is 20.8. The smallest absolute Gasteiger partial charge is 0.432 e. The molecule has 194 valence electrons. The van der Waals surface area contributed by atoms with Gasteiger partial charge in [-0.1, -0.05) is 48.5 Å². The Morgan fingerprint density at radius 3 is 2.35 bits per heavy atom. The number of hydrogen-bond acceptors (Lipinski definition) is 5. The molecule has 0 aliphatic carbocycles. The van der Waals surface area contributed by atoms with E-state index in [1.807, 2.05) is 37.3 Å². The van der Waals surface area contributed by atoms with Gasteiger partial charge in [-0.3, -0.25) is 0 Å². The second-order valence-electron chi connectivity index (χ2n) is 9.75. The lowest BCUT2D eigenvalue weighted by Gasteiger charge is -2.44. The molecule has 3 atom stereocenters. The summed E-state index contributed by atoms with van der Waals surface area (Å²) in [5, 5.41) is 13.3. The number of carbonyl (C=O) groups is 1. The molecule has 9 heteroatoms. The molecule has 4 aromatic rings. The minimum Gasteiger partial charge on any atom is -0.483 e. The monoisotopic (exact) mass is 513 g/mol. The van der Waals surface area contributed by atoms with E-state index in [4.69, 9.17) is 14.2 Å². The molecular weight excluding hydrogens is 487 g/mol. The number of para-hydroxylation sites is 1. The number of alkyl halides is 3. The Morgan fingerprint density at radius 2 is 1.70 bits per heavy atom. The number of nitrogens with one attached hydrogen (secondary N) is 1. The average Bonchev–Trinajstić information content (AvgIpc) is 3.20. The topological polar surface area (TPSA) is 80.8 Å². The number of methoxy groups -OCH3 is 1. The van der Waals surface area contributed by atoms with Crippen LogP contribution in [-0.2, 0) is 19.9 Å². The molecule has 0 radical (unpaired) electrons. The van der Waals surface area contributed by atoms with Crippen molar-refractivity contribution in [3.63, 3.8) is 0 Å². The number of aliphatic hydroxyl groups excluding tert-OH is 1. The summed E-state index contributed by atoms with van der Waals surface area (Å²) in [4.78, 5) is 16.7. The molecule has 6 nitrogen and oxygen atoms in total. The molecule has 1 aliphatic heterocycles. The summed E-state index contributed by atoms with van der Waals surface area (Å²) >= 11 is 0. The van der Waals surface area contributed by atoms with Crippen LogP contribution in [-0.4, -0.2) is 41.1 Å². The van der Waals surface area contributed by atoms with Crippen LogP contribution >= 0.6 is 0 Å². The number of benzene rings is 3. The molecule has 2 heterocycles. The van der Waals surface area contributed by atoms with Crippen LogP contribution in [0.3, 0.4) is 0 Å². The van der Waals surface area contributed by atoms with Crippen molar-refractivity contribution in [2.24, 2.45) is 0 Å². The Labute approximate surface area is 210 Å². The number of fused-ring (bicyclic) bond motifs is 5. The van der Waals surface area contributed by atoms with E-state index in [2.05, 4.69) is 4.98 Å². The van der Waals surface area contributed by atoms with Crippen LogP contribution in [0, 0.1) is 6.92 Å². The highest BCUT2D eigenvalue weighted by Crippen LogP contribution is 2.49. The molecule has 0 fully saturated rings. The van der Waals surface area contributed by atoms with Gasteiger partial charge < -0.3 is 24.3 Å². The lowest BCUT2D eigenvalue weighted by atomic mass is 9.85. The van der Waals surface area contributed by atoms with E-state index >= 15 is 0 Å². The predicted octanol–water partition coefficient (Wildman–Crippen LogP) is 5.85. The molecule has 0 spiro atoms. The van der Waals surface area contributed by atoms with Gasteiger partial charge in [-0.25, -0.2) is 4.79 Å². The van der Waals surface area contributed by atoms with Gasteiger partial charge in [0.05, 0.1) is 11.1 Å². The van der Waals surface area contributed by atoms with Crippen molar-refractivity contribution in [1.82, 2.24) is 4.98 Å². The van der Waals surface area contributed by atoms with Crippen molar-refractivity contribution < 1.29 is 37.3 Å². The van der Waals surface area contributed by atoms with Crippen LogP contribution in [0.15, 0.2) is 60.7 Å².